The fraction of sp³-hybridized carbons (Fsp3) is 0.182. The molecule has 0 amide bonds. The average Bonchev–Trinajstić information content (AvgIpc) is 2.89. The number of aromatic nitrogens is 2. The third kappa shape index (κ3) is 2.79. The quantitative estimate of drug-likeness (QED) is 0.775. The van der Waals surface area contributed by atoms with Crippen LogP contribution in [0.5, 0.6) is 5.88 Å². The van der Waals surface area contributed by atoms with Crippen LogP contribution in [0.1, 0.15) is 15.2 Å². The summed E-state index contributed by atoms with van der Waals surface area (Å²) in [5.41, 5.74) is 2.01. The minimum atomic E-state index is -0.455. The molecule has 0 bridgehead atoms. The van der Waals surface area contributed by atoms with Gasteiger partial charge in [0.05, 0.1) is 17.5 Å². The fourth-order valence-electron chi connectivity index (χ4n) is 1.24. The summed E-state index contributed by atoms with van der Waals surface area (Å²) in [6.07, 6.45) is 3.22. The lowest BCUT2D eigenvalue weighted by molar-refractivity contribution is 0.0472. The number of thiazole rings is 1. The summed E-state index contributed by atoms with van der Waals surface area (Å²) in [6.45, 7) is 0.210. The second kappa shape index (κ2) is 5.40. The molecule has 5 nitrogen and oxygen atoms in total. The summed E-state index contributed by atoms with van der Waals surface area (Å²) in [5, 5.41) is 0. The first-order chi connectivity index (χ1) is 8.31. The summed E-state index contributed by atoms with van der Waals surface area (Å²) < 4.78 is 10.1. The van der Waals surface area contributed by atoms with Gasteiger partial charge in [-0.3, -0.25) is 4.98 Å². The first-order valence-corrected chi connectivity index (χ1v) is 5.72. The van der Waals surface area contributed by atoms with Gasteiger partial charge in [-0.25, -0.2) is 9.78 Å². The molecule has 2 heterocycles. The molecule has 0 spiro atoms. The molecule has 0 aromatic carbocycles. The van der Waals surface area contributed by atoms with Gasteiger partial charge in [-0.1, -0.05) is 0 Å². The third-order valence-corrected chi connectivity index (χ3v) is 2.77. The molecule has 0 aliphatic rings. The highest BCUT2D eigenvalue weighted by molar-refractivity contribution is 7.09. The zero-order valence-electron chi connectivity index (χ0n) is 9.12. The second-order valence-corrected chi connectivity index (χ2v) is 4.08. The molecular formula is C11H10N2O3S. The van der Waals surface area contributed by atoms with E-state index in [1.54, 1.807) is 30.0 Å². The van der Waals surface area contributed by atoms with E-state index in [-0.39, 0.29) is 12.5 Å². The van der Waals surface area contributed by atoms with Crippen LogP contribution in [0.15, 0.2) is 30.0 Å². The smallest absolute Gasteiger partial charge is 0.344 e. The number of pyridine rings is 1. The highest BCUT2D eigenvalue weighted by atomic mass is 32.1. The molecule has 0 saturated heterocycles. The molecule has 0 unspecified atom stereocenters. The predicted molar refractivity (Wildman–Crippen MR) is 62.0 cm³/mol. The number of esters is 1. The van der Waals surface area contributed by atoms with Crippen molar-refractivity contribution in [2.45, 2.75) is 6.61 Å². The Hall–Kier alpha value is -1.95. The van der Waals surface area contributed by atoms with Gasteiger partial charge in [0, 0.05) is 12.4 Å². The number of methoxy groups -OCH3 is 1. The van der Waals surface area contributed by atoms with Crippen molar-refractivity contribution < 1.29 is 14.3 Å². The Labute approximate surface area is 102 Å². The molecule has 17 heavy (non-hydrogen) atoms. The van der Waals surface area contributed by atoms with Gasteiger partial charge < -0.3 is 9.47 Å². The van der Waals surface area contributed by atoms with Crippen LogP contribution >= 0.6 is 11.3 Å². The molecule has 0 atom stereocenters. The molecule has 88 valence electrons. The Bertz CT molecular complexity index is 499. The number of hydrogen-bond donors (Lipinski definition) is 0. The molecule has 2 aromatic rings. The SMILES string of the molecule is COc1ncccc1C(=O)OCc1cncs1. The molecule has 0 saturated carbocycles. The standard InChI is InChI=1S/C11H10N2O3S/c1-15-10-9(3-2-4-13-10)11(14)16-6-8-5-12-7-17-8/h2-5,7H,6H2,1H3. The van der Waals surface area contributed by atoms with Crippen LogP contribution in [-0.4, -0.2) is 23.0 Å². The normalized spacial score (nSPS) is 9.94. The number of ether oxygens (including phenoxy) is 2. The number of carbonyl (C=O) groups excluding carboxylic acids is 1. The van der Waals surface area contributed by atoms with E-state index >= 15 is 0 Å². The van der Waals surface area contributed by atoms with Crippen LogP contribution in [0, 0.1) is 0 Å². The predicted octanol–water partition coefficient (Wildman–Crippen LogP) is 1.90. The maximum Gasteiger partial charge on any atom is 0.344 e. The number of nitrogens with zero attached hydrogens (tertiary/aromatic N) is 2. The van der Waals surface area contributed by atoms with Crippen LogP contribution in [0.4, 0.5) is 0 Å². The van der Waals surface area contributed by atoms with Crippen molar-refractivity contribution >= 4 is 17.3 Å². The lowest BCUT2D eigenvalue weighted by Crippen LogP contribution is -2.07. The zero-order chi connectivity index (χ0) is 12.1. The first-order valence-electron chi connectivity index (χ1n) is 4.84. The highest BCUT2D eigenvalue weighted by Gasteiger charge is 2.14. The average molecular weight is 250 g/mol. The third-order valence-electron chi connectivity index (χ3n) is 2.01. The van der Waals surface area contributed by atoms with E-state index in [0.29, 0.717) is 5.56 Å². The zero-order valence-corrected chi connectivity index (χ0v) is 9.94. The maximum absolute atomic E-state index is 11.8. The Morgan fingerprint density at radius 1 is 1.53 bits per heavy atom. The summed E-state index contributed by atoms with van der Waals surface area (Å²) in [7, 11) is 1.46. The summed E-state index contributed by atoms with van der Waals surface area (Å²) in [6, 6.07) is 3.27. The number of carbonyl (C=O) groups is 1. The van der Waals surface area contributed by atoms with Crippen LogP contribution in [0.2, 0.25) is 0 Å². The van der Waals surface area contributed by atoms with Gasteiger partial charge in [0.1, 0.15) is 12.2 Å². The number of rotatable bonds is 4. The molecular weight excluding hydrogens is 240 g/mol. The van der Waals surface area contributed by atoms with E-state index in [9.17, 15) is 4.79 Å². The monoisotopic (exact) mass is 250 g/mol. The Morgan fingerprint density at radius 3 is 3.12 bits per heavy atom. The Morgan fingerprint density at radius 2 is 2.41 bits per heavy atom. The van der Waals surface area contributed by atoms with Gasteiger partial charge in [0.25, 0.3) is 0 Å². The van der Waals surface area contributed by atoms with Crippen LogP contribution in [0.3, 0.4) is 0 Å². The van der Waals surface area contributed by atoms with E-state index < -0.39 is 5.97 Å². The van der Waals surface area contributed by atoms with Crippen molar-refractivity contribution in [2.75, 3.05) is 7.11 Å². The summed E-state index contributed by atoms with van der Waals surface area (Å²) in [5.74, 6) is -0.190. The van der Waals surface area contributed by atoms with E-state index in [0.717, 1.165) is 4.88 Å². The summed E-state index contributed by atoms with van der Waals surface area (Å²) in [4.78, 5) is 20.5. The Kier molecular flexibility index (Phi) is 3.66. The summed E-state index contributed by atoms with van der Waals surface area (Å²) >= 11 is 1.43. The van der Waals surface area contributed by atoms with Crippen LogP contribution < -0.4 is 4.74 Å². The largest absolute Gasteiger partial charge is 0.480 e. The topological polar surface area (TPSA) is 61.3 Å². The minimum Gasteiger partial charge on any atom is -0.480 e. The molecule has 2 rings (SSSR count). The van der Waals surface area contributed by atoms with Crippen molar-refractivity contribution in [1.82, 2.24) is 9.97 Å². The minimum absolute atomic E-state index is 0.210. The lowest BCUT2D eigenvalue weighted by atomic mass is 10.3. The highest BCUT2D eigenvalue weighted by Crippen LogP contribution is 2.16. The van der Waals surface area contributed by atoms with E-state index in [1.807, 2.05) is 0 Å². The van der Waals surface area contributed by atoms with Crippen molar-refractivity contribution in [2.24, 2.45) is 0 Å². The molecule has 0 aliphatic heterocycles. The number of hydrogen-bond acceptors (Lipinski definition) is 6. The van der Waals surface area contributed by atoms with Crippen molar-refractivity contribution in [3.05, 3.63) is 40.5 Å². The van der Waals surface area contributed by atoms with E-state index in [2.05, 4.69) is 9.97 Å². The van der Waals surface area contributed by atoms with E-state index in [1.165, 1.54) is 18.4 Å². The van der Waals surface area contributed by atoms with E-state index in [4.69, 9.17) is 9.47 Å². The molecule has 2 aromatic heterocycles. The second-order valence-electron chi connectivity index (χ2n) is 3.10. The molecule has 6 heteroatoms. The first kappa shape index (κ1) is 11.5. The molecule has 0 radical (unpaired) electrons. The maximum atomic E-state index is 11.8. The van der Waals surface area contributed by atoms with Gasteiger partial charge in [-0.05, 0) is 12.1 Å². The van der Waals surface area contributed by atoms with Crippen molar-refractivity contribution in [1.29, 1.82) is 0 Å². The van der Waals surface area contributed by atoms with Crippen molar-refractivity contribution in [3.8, 4) is 5.88 Å². The van der Waals surface area contributed by atoms with Gasteiger partial charge in [0.15, 0.2) is 0 Å². The van der Waals surface area contributed by atoms with Gasteiger partial charge in [-0.2, -0.15) is 0 Å². The molecule has 0 N–H and O–H groups in total. The fourth-order valence-corrected chi connectivity index (χ4v) is 1.74. The van der Waals surface area contributed by atoms with Crippen molar-refractivity contribution in [3.63, 3.8) is 0 Å². The molecule has 0 fully saturated rings. The van der Waals surface area contributed by atoms with Gasteiger partial charge >= 0.3 is 5.97 Å². The van der Waals surface area contributed by atoms with Crippen LogP contribution in [-0.2, 0) is 11.3 Å². The Balaban J connectivity index is 2.04. The van der Waals surface area contributed by atoms with Gasteiger partial charge in [0.2, 0.25) is 5.88 Å². The van der Waals surface area contributed by atoms with Gasteiger partial charge in [-0.15, -0.1) is 11.3 Å². The molecule has 0 aliphatic carbocycles. The van der Waals surface area contributed by atoms with Crippen LogP contribution in [0.25, 0.3) is 0 Å². The lowest BCUT2D eigenvalue weighted by Gasteiger charge is -2.06.